The molecule has 2 aromatic carbocycles. The number of nitrogens with zero attached hydrogens (tertiary/aromatic N) is 3. The van der Waals surface area contributed by atoms with Crippen molar-refractivity contribution in [3.05, 3.63) is 68.9 Å². The van der Waals surface area contributed by atoms with Crippen molar-refractivity contribution in [1.29, 1.82) is 0 Å². The molecule has 4 nitrogen and oxygen atoms in total. The molecule has 1 aliphatic heterocycles. The average Bonchev–Trinajstić information content (AvgIpc) is 3.32. The summed E-state index contributed by atoms with van der Waals surface area (Å²) < 4.78 is 8.19. The van der Waals surface area contributed by atoms with E-state index in [-0.39, 0.29) is 6.10 Å². The minimum Gasteiger partial charge on any atom is -0.471 e. The zero-order chi connectivity index (χ0) is 21.3. The Labute approximate surface area is 191 Å². The molecular formula is C23H22Cl3N3O. The molecule has 0 amide bonds. The number of benzene rings is 2. The number of rotatable bonds is 6. The van der Waals surface area contributed by atoms with Crippen molar-refractivity contribution in [3.63, 3.8) is 0 Å². The molecule has 0 aliphatic carbocycles. The van der Waals surface area contributed by atoms with E-state index in [9.17, 15) is 0 Å². The Balaban J connectivity index is 1.81. The summed E-state index contributed by atoms with van der Waals surface area (Å²) in [5.74, 6) is 1.29. The molecule has 0 radical (unpaired) electrons. The Kier molecular flexibility index (Phi) is 6.37. The van der Waals surface area contributed by atoms with E-state index in [0.717, 1.165) is 41.9 Å². The number of aliphatic imine (C=N–C) groups is 1. The van der Waals surface area contributed by atoms with Crippen LogP contribution in [0.4, 0.5) is 0 Å². The van der Waals surface area contributed by atoms with Crippen LogP contribution in [0.1, 0.15) is 37.6 Å². The zero-order valence-electron chi connectivity index (χ0n) is 16.8. The Morgan fingerprint density at radius 3 is 2.50 bits per heavy atom. The fourth-order valence-electron chi connectivity index (χ4n) is 3.59. The fourth-order valence-corrected chi connectivity index (χ4v) is 4.21. The molecule has 0 N–H and O–H groups in total. The molecule has 4 rings (SSSR count). The van der Waals surface area contributed by atoms with Crippen LogP contribution in [-0.4, -0.2) is 28.1 Å². The minimum atomic E-state index is 0.114. The van der Waals surface area contributed by atoms with E-state index >= 15 is 0 Å². The number of halogens is 3. The van der Waals surface area contributed by atoms with Crippen molar-refractivity contribution in [3.8, 4) is 17.1 Å². The van der Waals surface area contributed by atoms with E-state index in [1.54, 1.807) is 6.07 Å². The molecule has 1 aliphatic rings. The van der Waals surface area contributed by atoms with Gasteiger partial charge < -0.3 is 4.74 Å². The summed E-state index contributed by atoms with van der Waals surface area (Å²) >= 11 is 18.7. The monoisotopic (exact) mass is 461 g/mol. The lowest BCUT2D eigenvalue weighted by atomic mass is 10.2. The van der Waals surface area contributed by atoms with Gasteiger partial charge in [-0.25, -0.2) is 9.98 Å². The number of unbranched alkanes of at least 4 members (excludes halogenated alkanes) is 1. The third-order valence-electron chi connectivity index (χ3n) is 5.16. The summed E-state index contributed by atoms with van der Waals surface area (Å²) in [5.41, 5.74) is 3.36. The van der Waals surface area contributed by atoms with Gasteiger partial charge in [0.1, 0.15) is 17.6 Å². The van der Waals surface area contributed by atoms with E-state index in [2.05, 4.69) is 11.9 Å². The number of hydrogen-bond acceptors (Lipinski definition) is 3. The predicted molar refractivity (Wildman–Crippen MR) is 125 cm³/mol. The van der Waals surface area contributed by atoms with Crippen LogP contribution >= 0.6 is 34.8 Å². The van der Waals surface area contributed by atoms with E-state index < -0.39 is 0 Å². The van der Waals surface area contributed by atoms with Crippen LogP contribution in [0, 0.1) is 6.92 Å². The van der Waals surface area contributed by atoms with Crippen LogP contribution in [0.5, 0.6) is 0 Å². The molecule has 0 saturated carbocycles. The van der Waals surface area contributed by atoms with Crippen molar-refractivity contribution < 1.29 is 4.74 Å². The average molecular weight is 463 g/mol. The van der Waals surface area contributed by atoms with Gasteiger partial charge in [-0.05, 0) is 62.2 Å². The van der Waals surface area contributed by atoms with Crippen molar-refractivity contribution in [2.24, 2.45) is 4.99 Å². The standard InChI is InChI=1S/C23H22Cl3N3O/c1-3-4-5-18-13-27-23(30-18)21-14(2)29(17-9-6-15(24)7-10-17)22(28-21)19-11-8-16(25)12-20(19)26/h6-12,18H,3-5,13H2,1-2H3. The molecule has 0 fully saturated rings. The van der Waals surface area contributed by atoms with Gasteiger partial charge in [0, 0.05) is 21.3 Å². The Morgan fingerprint density at radius 2 is 1.80 bits per heavy atom. The van der Waals surface area contributed by atoms with Crippen LogP contribution in [0.25, 0.3) is 17.1 Å². The maximum Gasteiger partial charge on any atom is 0.237 e. The number of aromatic nitrogens is 2. The summed E-state index contributed by atoms with van der Waals surface area (Å²) in [6.45, 7) is 4.85. The number of imidazole rings is 1. The highest BCUT2D eigenvalue weighted by molar-refractivity contribution is 6.36. The summed E-state index contributed by atoms with van der Waals surface area (Å²) in [6, 6.07) is 13.0. The van der Waals surface area contributed by atoms with Gasteiger partial charge in [0.2, 0.25) is 5.90 Å². The highest BCUT2D eigenvalue weighted by Gasteiger charge is 2.27. The van der Waals surface area contributed by atoms with Crippen molar-refractivity contribution in [1.82, 2.24) is 9.55 Å². The van der Waals surface area contributed by atoms with Gasteiger partial charge in [-0.15, -0.1) is 0 Å². The van der Waals surface area contributed by atoms with Crippen LogP contribution in [0.15, 0.2) is 47.5 Å². The lowest BCUT2D eigenvalue weighted by Gasteiger charge is -2.12. The molecule has 7 heteroatoms. The topological polar surface area (TPSA) is 39.4 Å². The summed E-state index contributed by atoms with van der Waals surface area (Å²) in [5, 5.41) is 1.78. The molecule has 0 saturated heterocycles. The summed E-state index contributed by atoms with van der Waals surface area (Å²) in [7, 11) is 0. The minimum absolute atomic E-state index is 0.114. The van der Waals surface area contributed by atoms with Crippen LogP contribution in [0.2, 0.25) is 15.1 Å². The first kappa shape index (κ1) is 21.2. The third-order valence-corrected chi connectivity index (χ3v) is 5.96. The smallest absolute Gasteiger partial charge is 0.237 e. The Morgan fingerprint density at radius 1 is 1.07 bits per heavy atom. The fraction of sp³-hybridized carbons (Fsp3) is 0.304. The van der Waals surface area contributed by atoms with Crippen molar-refractivity contribution in [2.75, 3.05) is 6.54 Å². The maximum atomic E-state index is 6.53. The zero-order valence-corrected chi connectivity index (χ0v) is 19.1. The molecule has 0 spiro atoms. The highest BCUT2D eigenvalue weighted by atomic mass is 35.5. The SMILES string of the molecule is CCCCC1CN=C(c2nc(-c3ccc(Cl)cc3Cl)n(-c3ccc(Cl)cc3)c2C)O1. The van der Waals surface area contributed by atoms with Gasteiger partial charge in [0.15, 0.2) is 0 Å². The normalized spacial score (nSPS) is 15.9. The second-order valence-corrected chi connectivity index (χ2v) is 8.61. The van der Waals surface area contributed by atoms with E-state index in [0.29, 0.717) is 33.3 Å². The summed E-state index contributed by atoms with van der Waals surface area (Å²) in [4.78, 5) is 9.55. The van der Waals surface area contributed by atoms with E-state index in [4.69, 9.17) is 44.5 Å². The Hall–Kier alpha value is -2.01. The van der Waals surface area contributed by atoms with Crippen LogP contribution < -0.4 is 0 Å². The molecule has 2 heterocycles. The Bertz CT molecular complexity index is 1090. The number of ether oxygens (including phenoxy) is 1. The lowest BCUT2D eigenvalue weighted by molar-refractivity contribution is 0.209. The number of hydrogen-bond donors (Lipinski definition) is 0. The molecular weight excluding hydrogens is 441 g/mol. The van der Waals surface area contributed by atoms with Gasteiger partial charge in [-0.3, -0.25) is 4.57 Å². The van der Waals surface area contributed by atoms with Gasteiger partial charge >= 0.3 is 0 Å². The van der Waals surface area contributed by atoms with Crippen molar-refractivity contribution in [2.45, 2.75) is 39.2 Å². The van der Waals surface area contributed by atoms with Gasteiger partial charge in [-0.2, -0.15) is 0 Å². The lowest BCUT2D eigenvalue weighted by Crippen LogP contribution is -2.14. The molecule has 156 valence electrons. The second kappa shape index (κ2) is 9.01. The van der Waals surface area contributed by atoms with Crippen LogP contribution in [-0.2, 0) is 4.74 Å². The molecule has 3 aromatic rings. The molecule has 0 bridgehead atoms. The molecule has 30 heavy (non-hydrogen) atoms. The molecule has 1 atom stereocenters. The maximum absolute atomic E-state index is 6.53. The van der Waals surface area contributed by atoms with Crippen molar-refractivity contribution >= 4 is 40.7 Å². The first-order valence-electron chi connectivity index (χ1n) is 10.00. The largest absolute Gasteiger partial charge is 0.471 e. The van der Waals surface area contributed by atoms with Crippen LogP contribution in [0.3, 0.4) is 0 Å². The first-order valence-corrected chi connectivity index (χ1v) is 11.1. The summed E-state index contributed by atoms with van der Waals surface area (Å²) in [6.07, 6.45) is 3.37. The first-order chi connectivity index (χ1) is 14.5. The quantitative estimate of drug-likeness (QED) is 0.390. The van der Waals surface area contributed by atoms with E-state index in [1.807, 2.05) is 47.9 Å². The third kappa shape index (κ3) is 4.22. The van der Waals surface area contributed by atoms with E-state index in [1.165, 1.54) is 0 Å². The van der Waals surface area contributed by atoms with Gasteiger partial charge in [0.25, 0.3) is 0 Å². The van der Waals surface area contributed by atoms with Gasteiger partial charge in [0.05, 0.1) is 17.3 Å². The molecule has 1 aromatic heterocycles. The van der Waals surface area contributed by atoms with Gasteiger partial charge in [-0.1, -0.05) is 48.1 Å². The second-order valence-electron chi connectivity index (χ2n) is 7.33. The molecule has 1 unspecified atom stereocenters. The highest BCUT2D eigenvalue weighted by Crippen LogP contribution is 2.34. The predicted octanol–water partition coefficient (Wildman–Crippen LogP) is 7.14.